The van der Waals surface area contributed by atoms with Crippen LogP contribution in [0.2, 0.25) is 0 Å². The molecule has 1 aromatic heterocycles. The van der Waals surface area contributed by atoms with Crippen LogP contribution in [-0.2, 0) is 0 Å². The summed E-state index contributed by atoms with van der Waals surface area (Å²) in [5.74, 6) is 0.608. The number of halogens is 2. The topological polar surface area (TPSA) is 45.8 Å². The minimum atomic E-state index is -0.456. The zero-order chi connectivity index (χ0) is 19.0. The van der Waals surface area contributed by atoms with Crippen LogP contribution in [-0.4, -0.2) is 16.6 Å². The van der Waals surface area contributed by atoms with E-state index in [9.17, 15) is 9.18 Å². The van der Waals surface area contributed by atoms with E-state index in [1.165, 1.54) is 23.2 Å². The number of rotatable bonds is 3. The average molecular weight is 427 g/mol. The van der Waals surface area contributed by atoms with Gasteiger partial charge in [0, 0.05) is 16.5 Å². The lowest BCUT2D eigenvalue weighted by Gasteiger charge is -2.20. The second kappa shape index (κ2) is 7.12. The molecule has 0 spiro atoms. The van der Waals surface area contributed by atoms with Crippen LogP contribution < -0.4 is 0 Å². The van der Waals surface area contributed by atoms with Crippen molar-refractivity contribution >= 4 is 27.5 Å². The number of amides is 1. The predicted molar refractivity (Wildman–Crippen MR) is 104 cm³/mol. The van der Waals surface area contributed by atoms with E-state index < -0.39 is 5.82 Å². The van der Waals surface area contributed by atoms with Crippen LogP contribution in [0, 0.1) is 12.7 Å². The first-order valence-corrected chi connectivity index (χ1v) is 9.29. The third-order valence-corrected chi connectivity index (χ3v) is 4.99. The lowest BCUT2D eigenvalue weighted by molar-refractivity contribution is 0.0691. The Balaban J connectivity index is 1.73. The molecule has 1 aliphatic heterocycles. The number of carbonyl (C=O) groups excluding carboxylic acids is 1. The first-order chi connectivity index (χ1) is 13.0. The highest BCUT2D eigenvalue weighted by Crippen LogP contribution is 2.35. The lowest BCUT2D eigenvalue weighted by atomic mass is 10.0. The highest BCUT2D eigenvalue weighted by molar-refractivity contribution is 9.10. The summed E-state index contributed by atoms with van der Waals surface area (Å²) in [6, 6.07) is 16.7. The van der Waals surface area contributed by atoms with Gasteiger partial charge in [-0.25, -0.2) is 9.40 Å². The lowest BCUT2D eigenvalue weighted by Crippen LogP contribution is -2.27. The van der Waals surface area contributed by atoms with Crippen molar-refractivity contribution in [3.05, 3.63) is 93.6 Å². The summed E-state index contributed by atoms with van der Waals surface area (Å²) < 4.78 is 20.3. The SMILES string of the molecule is Cc1ccc(C2CC(c3ccc(Br)cc3)=NN2C(=O)c2cccc(F)c2)o1. The first kappa shape index (κ1) is 17.7. The van der Waals surface area contributed by atoms with E-state index in [1.54, 1.807) is 6.07 Å². The molecule has 6 heteroatoms. The average Bonchev–Trinajstić information content (AvgIpc) is 3.28. The Morgan fingerprint density at radius 3 is 2.63 bits per heavy atom. The van der Waals surface area contributed by atoms with E-state index in [0.29, 0.717) is 12.2 Å². The molecular weight excluding hydrogens is 411 g/mol. The second-order valence-electron chi connectivity index (χ2n) is 6.38. The minimum absolute atomic E-state index is 0.254. The van der Waals surface area contributed by atoms with Crippen molar-refractivity contribution in [2.24, 2.45) is 5.10 Å². The standard InChI is InChI=1S/C21H16BrFN2O2/c1-13-5-10-20(27-13)19-12-18(14-6-8-16(22)9-7-14)24-25(19)21(26)15-3-2-4-17(23)11-15/h2-11,19H,12H2,1H3. The molecule has 2 heterocycles. The quantitative estimate of drug-likeness (QED) is 0.556. The van der Waals surface area contributed by atoms with E-state index >= 15 is 0 Å². The van der Waals surface area contributed by atoms with Crippen molar-refractivity contribution in [3.63, 3.8) is 0 Å². The van der Waals surface area contributed by atoms with Gasteiger partial charge in [0.05, 0.1) is 5.71 Å². The molecule has 2 aromatic carbocycles. The molecule has 1 unspecified atom stereocenters. The first-order valence-electron chi connectivity index (χ1n) is 8.50. The zero-order valence-electron chi connectivity index (χ0n) is 14.5. The van der Waals surface area contributed by atoms with Crippen molar-refractivity contribution < 1.29 is 13.6 Å². The van der Waals surface area contributed by atoms with Crippen LogP contribution >= 0.6 is 15.9 Å². The Kier molecular flexibility index (Phi) is 4.66. The van der Waals surface area contributed by atoms with Gasteiger partial charge in [-0.1, -0.05) is 34.1 Å². The molecule has 0 bridgehead atoms. The fraction of sp³-hybridized carbons (Fsp3) is 0.143. The van der Waals surface area contributed by atoms with Crippen molar-refractivity contribution in [2.45, 2.75) is 19.4 Å². The van der Waals surface area contributed by atoms with Gasteiger partial charge in [-0.05, 0) is 55.0 Å². The number of hydrazone groups is 1. The van der Waals surface area contributed by atoms with Crippen molar-refractivity contribution in [3.8, 4) is 0 Å². The molecule has 3 aromatic rings. The van der Waals surface area contributed by atoms with Crippen LogP contribution in [0.3, 0.4) is 0 Å². The molecule has 1 atom stereocenters. The summed E-state index contributed by atoms with van der Waals surface area (Å²) in [6.45, 7) is 1.85. The molecule has 1 aliphatic rings. The van der Waals surface area contributed by atoms with Crippen LogP contribution in [0.25, 0.3) is 0 Å². The number of benzene rings is 2. The molecule has 0 N–H and O–H groups in total. The van der Waals surface area contributed by atoms with Gasteiger partial charge in [0.25, 0.3) is 5.91 Å². The largest absolute Gasteiger partial charge is 0.464 e. The van der Waals surface area contributed by atoms with E-state index in [0.717, 1.165) is 21.5 Å². The third kappa shape index (κ3) is 3.57. The van der Waals surface area contributed by atoms with Crippen LogP contribution in [0.15, 0.2) is 74.7 Å². The molecule has 0 fully saturated rings. The summed E-state index contributed by atoms with van der Waals surface area (Å²) >= 11 is 3.42. The van der Waals surface area contributed by atoms with Crippen LogP contribution in [0.5, 0.6) is 0 Å². The minimum Gasteiger partial charge on any atom is -0.464 e. The fourth-order valence-corrected chi connectivity index (χ4v) is 3.39. The third-order valence-electron chi connectivity index (χ3n) is 4.46. The van der Waals surface area contributed by atoms with E-state index in [-0.39, 0.29) is 17.5 Å². The molecule has 27 heavy (non-hydrogen) atoms. The van der Waals surface area contributed by atoms with Gasteiger partial charge >= 0.3 is 0 Å². The molecule has 4 nitrogen and oxygen atoms in total. The number of hydrogen-bond donors (Lipinski definition) is 0. The molecule has 1 amide bonds. The van der Waals surface area contributed by atoms with Crippen LogP contribution in [0.1, 0.15) is 39.9 Å². The van der Waals surface area contributed by atoms with Gasteiger partial charge in [-0.3, -0.25) is 4.79 Å². The van der Waals surface area contributed by atoms with Crippen molar-refractivity contribution in [1.82, 2.24) is 5.01 Å². The number of nitrogens with zero attached hydrogens (tertiary/aromatic N) is 2. The fourth-order valence-electron chi connectivity index (χ4n) is 3.12. The highest BCUT2D eigenvalue weighted by Gasteiger charge is 2.35. The molecule has 0 radical (unpaired) electrons. The summed E-state index contributed by atoms with van der Waals surface area (Å²) in [7, 11) is 0. The number of aryl methyl sites for hydroxylation is 1. The normalized spacial score (nSPS) is 16.5. The van der Waals surface area contributed by atoms with Gasteiger partial charge < -0.3 is 4.42 Å². The Bertz CT molecular complexity index is 1030. The van der Waals surface area contributed by atoms with E-state index in [4.69, 9.17) is 4.42 Å². The van der Waals surface area contributed by atoms with Gasteiger partial charge in [0.1, 0.15) is 23.4 Å². The molecule has 0 saturated carbocycles. The Labute approximate surface area is 164 Å². The predicted octanol–water partition coefficient (Wildman–Crippen LogP) is 5.48. The van der Waals surface area contributed by atoms with Gasteiger partial charge in [0.2, 0.25) is 0 Å². The van der Waals surface area contributed by atoms with Gasteiger partial charge in [-0.2, -0.15) is 5.10 Å². The summed E-state index contributed by atoms with van der Waals surface area (Å²) in [5, 5.41) is 5.96. The summed E-state index contributed by atoms with van der Waals surface area (Å²) in [5.41, 5.74) is 1.97. The summed E-state index contributed by atoms with van der Waals surface area (Å²) in [6.07, 6.45) is 0.523. The molecule has 136 valence electrons. The van der Waals surface area contributed by atoms with Crippen LogP contribution in [0.4, 0.5) is 4.39 Å². The Hall–Kier alpha value is -2.73. The highest BCUT2D eigenvalue weighted by atomic mass is 79.9. The number of hydrogen-bond acceptors (Lipinski definition) is 3. The number of furan rings is 1. The summed E-state index contributed by atoms with van der Waals surface area (Å²) in [4.78, 5) is 13.0. The Morgan fingerprint density at radius 1 is 1.19 bits per heavy atom. The van der Waals surface area contributed by atoms with Gasteiger partial charge in [0.15, 0.2) is 0 Å². The maximum atomic E-state index is 13.6. The molecule has 0 aliphatic carbocycles. The second-order valence-corrected chi connectivity index (χ2v) is 7.30. The van der Waals surface area contributed by atoms with E-state index in [1.807, 2.05) is 43.3 Å². The molecule has 4 rings (SSSR count). The smallest absolute Gasteiger partial charge is 0.274 e. The Morgan fingerprint density at radius 2 is 1.96 bits per heavy atom. The van der Waals surface area contributed by atoms with E-state index in [2.05, 4.69) is 21.0 Å². The molecule has 0 saturated heterocycles. The van der Waals surface area contributed by atoms with Gasteiger partial charge in [-0.15, -0.1) is 0 Å². The maximum absolute atomic E-state index is 13.6. The number of carbonyl (C=O) groups is 1. The monoisotopic (exact) mass is 426 g/mol. The molecular formula is C21H16BrFN2O2. The van der Waals surface area contributed by atoms with Crippen molar-refractivity contribution in [1.29, 1.82) is 0 Å². The van der Waals surface area contributed by atoms with Crippen molar-refractivity contribution in [2.75, 3.05) is 0 Å². The zero-order valence-corrected chi connectivity index (χ0v) is 16.1. The maximum Gasteiger partial charge on any atom is 0.274 e.